The van der Waals surface area contributed by atoms with Crippen LogP contribution < -0.4 is 4.90 Å². The van der Waals surface area contributed by atoms with Gasteiger partial charge >= 0.3 is 5.97 Å². The van der Waals surface area contributed by atoms with Crippen molar-refractivity contribution in [2.45, 2.75) is 0 Å². The fraction of sp³-hybridized carbons (Fsp3) is 0.143. The summed E-state index contributed by atoms with van der Waals surface area (Å²) in [5.41, 5.74) is 3.72. The first kappa shape index (κ1) is 25.3. The number of hydrogen-bond donors (Lipinski definition) is 1. The maximum absolute atomic E-state index is 14.5. The standard InChI is InChI=1S/C28H22FN5O3.ClH/c29-23-15-19(6-10-22(23)28(35)36)25-16-30-26(33-11-13-37-14-12-33)27-32-21(17-34(25)27)9-8-20-7-5-18-3-1-2-4-24(18)31-20;/h1-10,15-17H,11-14H2,(H,35,36);1H. The Morgan fingerprint density at radius 3 is 2.58 bits per heavy atom. The van der Waals surface area contributed by atoms with Gasteiger partial charge in [-0.25, -0.2) is 24.1 Å². The average molecular weight is 532 g/mol. The number of carbonyl (C=O) groups is 1. The molecule has 0 aliphatic carbocycles. The van der Waals surface area contributed by atoms with Crippen molar-refractivity contribution in [3.05, 3.63) is 89.8 Å². The Labute approximate surface area is 223 Å². The summed E-state index contributed by atoms with van der Waals surface area (Å²) in [6, 6.07) is 16.0. The second-order valence-corrected chi connectivity index (χ2v) is 8.69. The van der Waals surface area contributed by atoms with Crippen molar-refractivity contribution in [3.63, 3.8) is 0 Å². The number of carboxylic acid groups (broad SMARTS) is 1. The molecule has 3 aromatic heterocycles. The Hall–Kier alpha value is -4.34. The topological polar surface area (TPSA) is 92.8 Å². The first-order valence-electron chi connectivity index (χ1n) is 11.8. The van der Waals surface area contributed by atoms with Crippen LogP contribution in [-0.4, -0.2) is 56.7 Å². The van der Waals surface area contributed by atoms with Crippen LogP contribution in [-0.2, 0) is 4.74 Å². The van der Waals surface area contributed by atoms with Crippen molar-refractivity contribution >= 4 is 52.9 Å². The molecule has 0 spiro atoms. The Morgan fingerprint density at radius 2 is 1.79 bits per heavy atom. The molecule has 8 nitrogen and oxygen atoms in total. The van der Waals surface area contributed by atoms with Gasteiger partial charge in [-0.1, -0.05) is 30.3 Å². The van der Waals surface area contributed by atoms with Gasteiger partial charge in [-0.15, -0.1) is 12.4 Å². The van der Waals surface area contributed by atoms with Gasteiger partial charge in [-0.05, 0) is 36.4 Å². The van der Waals surface area contributed by atoms with Crippen LogP contribution in [0.2, 0.25) is 0 Å². The number of fused-ring (bicyclic) bond motifs is 2. The molecule has 2 aromatic carbocycles. The van der Waals surface area contributed by atoms with Crippen molar-refractivity contribution in [2.24, 2.45) is 0 Å². The maximum Gasteiger partial charge on any atom is 0.338 e. The number of halogens is 2. The SMILES string of the molecule is Cl.O=C(O)c1ccc(-c2cnc(N3CCOCC3)c3nc(C=Cc4ccc5ccccc5n4)cn23)cc1F. The number of benzene rings is 2. The summed E-state index contributed by atoms with van der Waals surface area (Å²) < 4.78 is 21.9. The van der Waals surface area contributed by atoms with Crippen molar-refractivity contribution in [3.8, 4) is 11.3 Å². The molecule has 0 bridgehead atoms. The first-order chi connectivity index (χ1) is 18.1. The van der Waals surface area contributed by atoms with Crippen LogP contribution >= 0.6 is 12.4 Å². The third-order valence-electron chi connectivity index (χ3n) is 6.34. The first-order valence-corrected chi connectivity index (χ1v) is 11.8. The third-order valence-corrected chi connectivity index (χ3v) is 6.34. The van der Waals surface area contributed by atoms with Crippen molar-refractivity contribution in [1.82, 2.24) is 19.4 Å². The number of aromatic carboxylic acids is 1. The molecule has 0 unspecified atom stereocenters. The number of pyridine rings is 1. The minimum Gasteiger partial charge on any atom is -0.478 e. The van der Waals surface area contributed by atoms with Gasteiger partial charge in [-0.3, -0.25) is 4.40 Å². The molecule has 0 atom stereocenters. The van der Waals surface area contributed by atoms with Crippen molar-refractivity contribution < 1.29 is 19.0 Å². The van der Waals surface area contributed by atoms with Crippen LogP contribution in [0.5, 0.6) is 0 Å². The highest BCUT2D eigenvalue weighted by Crippen LogP contribution is 2.28. The molecule has 5 aromatic rings. The number of morpholine rings is 1. The van der Waals surface area contributed by atoms with E-state index in [-0.39, 0.29) is 18.0 Å². The number of para-hydroxylation sites is 1. The molecule has 1 N–H and O–H groups in total. The van der Waals surface area contributed by atoms with Crippen LogP contribution in [0, 0.1) is 5.82 Å². The van der Waals surface area contributed by atoms with Crippen LogP contribution in [0.1, 0.15) is 21.7 Å². The second-order valence-electron chi connectivity index (χ2n) is 8.69. The lowest BCUT2D eigenvalue weighted by Gasteiger charge is -2.28. The number of ether oxygens (including phenoxy) is 1. The molecule has 1 saturated heterocycles. The Morgan fingerprint density at radius 1 is 1.00 bits per heavy atom. The minimum absolute atomic E-state index is 0. The van der Waals surface area contributed by atoms with Crippen LogP contribution in [0.15, 0.2) is 67.0 Å². The van der Waals surface area contributed by atoms with Gasteiger partial charge in [0.2, 0.25) is 0 Å². The van der Waals surface area contributed by atoms with Crippen molar-refractivity contribution in [2.75, 3.05) is 31.2 Å². The predicted molar refractivity (Wildman–Crippen MR) is 146 cm³/mol. The number of carboxylic acids is 1. The summed E-state index contributed by atoms with van der Waals surface area (Å²) in [7, 11) is 0. The lowest BCUT2D eigenvalue weighted by molar-refractivity contribution is 0.0692. The van der Waals surface area contributed by atoms with Gasteiger partial charge in [0.25, 0.3) is 0 Å². The highest BCUT2D eigenvalue weighted by molar-refractivity contribution is 5.89. The fourth-order valence-electron chi connectivity index (χ4n) is 4.47. The monoisotopic (exact) mass is 531 g/mol. The maximum atomic E-state index is 14.5. The lowest BCUT2D eigenvalue weighted by Crippen LogP contribution is -2.37. The third kappa shape index (κ3) is 4.81. The molecule has 4 heterocycles. The lowest BCUT2D eigenvalue weighted by atomic mass is 10.1. The molecule has 1 aliphatic heterocycles. The zero-order chi connectivity index (χ0) is 25.4. The second kappa shape index (κ2) is 10.6. The van der Waals surface area contributed by atoms with Crippen LogP contribution in [0.3, 0.4) is 0 Å². The van der Waals surface area contributed by atoms with E-state index in [4.69, 9.17) is 9.72 Å². The van der Waals surface area contributed by atoms with Crippen LogP contribution in [0.25, 0.3) is 40.0 Å². The smallest absolute Gasteiger partial charge is 0.338 e. The van der Waals surface area contributed by atoms with E-state index in [0.717, 1.165) is 16.6 Å². The van der Waals surface area contributed by atoms with E-state index >= 15 is 0 Å². The Balaban J connectivity index is 0.00000294. The summed E-state index contributed by atoms with van der Waals surface area (Å²) in [5, 5.41) is 10.3. The van der Waals surface area contributed by atoms with Crippen LogP contribution in [0.4, 0.5) is 10.2 Å². The molecule has 1 aliphatic rings. The zero-order valence-corrected chi connectivity index (χ0v) is 20.9. The number of hydrogen-bond acceptors (Lipinski definition) is 6. The van der Waals surface area contributed by atoms with Gasteiger partial charge in [0.15, 0.2) is 11.5 Å². The molecule has 192 valence electrons. The fourth-order valence-corrected chi connectivity index (χ4v) is 4.47. The summed E-state index contributed by atoms with van der Waals surface area (Å²) in [6.45, 7) is 2.56. The Bertz CT molecular complexity index is 1680. The van der Waals surface area contributed by atoms with Gasteiger partial charge in [-0.2, -0.15) is 0 Å². The zero-order valence-electron chi connectivity index (χ0n) is 20.1. The van der Waals surface area contributed by atoms with E-state index in [9.17, 15) is 14.3 Å². The number of nitrogens with zero attached hydrogens (tertiary/aromatic N) is 5. The molecule has 38 heavy (non-hydrogen) atoms. The summed E-state index contributed by atoms with van der Waals surface area (Å²) in [4.78, 5) is 27.6. The minimum atomic E-state index is -1.31. The summed E-state index contributed by atoms with van der Waals surface area (Å²) >= 11 is 0. The normalized spacial score (nSPS) is 13.8. The number of anilines is 1. The highest BCUT2D eigenvalue weighted by atomic mass is 35.5. The number of aromatic nitrogens is 4. The highest BCUT2D eigenvalue weighted by Gasteiger charge is 2.20. The van der Waals surface area contributed by atoms with Crippen molar-refractivity contribution in [1.29, 1.82) is 0 Å². The molecule has 0 saturated carbocycles. The molecular weight excluding hydrogens is 509 g/mol. The molecule has 6 rings (SSSR count). The van der Waals surface area contributed by atoms with E-state index in [1.165, 1.54) is 12.1 Å². The predicted octanol–water partition coefficient (Wildman–Crippen LogP) is 5.21. The van der Waals surface area contributed by atoms with Gasteiger partial charge in [0.05, 0.1) is 47.6 Å². The quantitative estimate of drug-likeness (QED) is 0.333. The largest absolute Gasteiger partial charge is 0.478 e. The van der Waals surface area contributed by atoms with E-state index < -0.39 is 11.8 Å². The summed E-state index contributed by atoms with van der Waals surface area (Å²) in [5.74, 6) is -1.41. The van der Waals surface area contributed by atoms with Gasteiger partial charge in [0, 0.05) is 30.2 Å². The van der Waals surface area contributed by atoms with E-state index in [1.54, 1.807) is 12.3 Å². The number of rotatable bonds is 5. The van der Waals surface area contributed by atoms with E-state index in [0.29, 0.717) is 54.7 Å². The van der Waals surface area contributed by atoms with Gasteiger partial charge in [0.1, 0.15) is 5.82 Å². The molecule has 0 amide bonds. The molecular formula is C28H23ClFN5O3. The average Bonchev–Trinajstić information content (AvgIpc) is 3.36. The van der Waals surface area contributed by atoms with Gasteiger partial charge < -0.3 is 14.7 Å². The molecule has 1 fully saturated rings. The number of imidazole rings is 1. The van der Waals surface area contributed by atoms with E-state index in [1.807, 2.05) is 59.1 Å². The Kier molecular flexibility index (Phi) is 7.04. The molecule has 10 heteroatoms. The molecule has 0 radical (unpaired) electrons. The summed E-state index contributed by atoms with van der Waals surface area (Å²) in [6.07, 6.45) is 7.30. The van der Waals surface area contributed by atoms with E-state index in [2.05, 4.69) is 14.9 Å².